The molecule has 70 valence electrons. The first kappa shape index (κ1) is 9.58. The summed E-state index contributed by atoms with van der Waals surface area (Å²) in [5, 5.41) is 9.10. The Kier molecular flexibility index (Phi) is 3.31. The summed E-state index contributed by atoms with van der Waals surface area (Å²) >= 11 is 0. The predicted octanol–water partition coefficient (Wildman–Crippen LogP) is 1.85. The number of benzene rings is 1. The van der Waals surface area contributed by atoms with Crippen LogP contribution in [0.4, 0.5) is 0 Å². The Morgan fingerprint density at radius 1 is 1.54 bits per heavy atom. The molecule has 0 atom stereocenters. The van der Waals surface area contributed by atoms with E-state index < -0.39 is 0 Å². The number of carbonyl (C=O) groups is 1. The number of aromatic hydroxyl groups is 1. The summed E-state index contributed by atoms with van der Waals surface area (Å²) in [6, 6.07) is 6.65. The van der Waals surface area contributed by atoms with E-state index in [0.29, 0.717) is 6.42 Å². The molecular formula is C10H12O3. The number of phenols is 1. The van der Waals surface area contributed by atoms with Gasteiger partial charge in [0.25, 0.3) is 0 Å². The SMILES string of the molecule is CCC(=O)OCc1cccc(O)c1. The third-order valence-corrected chi connectivity index (χ3v) is 1.60. The highest BCUT2D eigenvalue weighted by Crippen LogP contribution is 2.11. The van der Waals surface area contributed by atoms with Crippen LogP contribution in [0.15, 0.2) is 24.3 Å². The van der Waals surface area contributed by atoms with E-state index >= 15 is 0 Å². The molecule has 0 aliphatic carbocycles. The number of ether oxygens (including phenoxy) is 1. The molecule has 0 aliphatic heterocycles. The molecule has 3 nitrogen and oxygen atoms in total. The van der Waals surface area contributed by atoms with Crippen LogP contribution in [-0.2, 0) is 16.1 Å². The highest BCUT2D eigenvalue weighted by atomic mass is 16.5. The molecule has 0 spiro atoms. The number of hydrogen-bond donors (Lipinski definition) is 1. The van der Waals surface area contributed by atoms with Crippen molar-refractivity contribution in [2.75, 3.05) is 0 Å². The van der Waals surface area contributed by atoms with E-state index in [9.17, 15) is 4.79 Å². The highest BCUT2D eigenvalue weighted by Gasteiger charge is 1.99. The van der Waals surface area contributed by atoms with Crippen LogP contribution in [0.3, 0.4) is 0 Å². The molecule has 1 aromatic carbocycles. The molecule has 0 bridgehead atoms. The van der Waals surface area contributed by atoms with Crippen molar-refractivity contribution in [1.29, 1.82) is 0 Å². The summed E-state index contributed by atoms with van der Waals surface area (Å²) in [5.74, 6) is -0.0478. The van der Waals surface area contributed by atoms with E-state index in [4.69, 9.17) is 9.84 Å². The van der Waals surface area contributed by atoms with Gasteiger partial charge in [-0.05, 0) is 17.7 Å². The van der Waals surface area contributed by atoms with Crippen LogP contribution in [0.1, 0.15) is 18.9 Å². The van der Waals surface area contributed by atoms with E-state index in [-0.39, 0.29) is 18.3 Å². The number of hydrogen-bond acceptors (Lipinski definition) is 3. The van der Waals surface area contributed by atoms with Crippen molar-refractivity contribution in [2.24, 2.45) is 0 Å². The van der Waals surface area contributed by atoms with Crippen LogP contribution in [0, 0.1) is 0 Å². The molecule has 0 saturated heterocycles. The zero-order valence-electron chi connectivity index (χ0n) is 7.49. The van der Waals surface area contributed by atoms with Gasteiger partial charge in [0.2, 0.25) is 0 Å². The van der Waals surface area contributed by atoms with Crippen molar-refractivity contribution in [3.63, 3.8) is 0 Å². The van der Waals surface area contributed by atoms with Crippen molar-refractivity contribution in [1.82, 2.24) is 0 Å². The number of carbonyl (C=O) groups excluding carboxylic acids is 1. The van der Waals surface area contributed by atoms with Gasteiger partial charge in [-0.25, -0.2) is 0 Å². The monoisotopic (exact) mass is 180 g/mol. The minimum atomic E-state index is -0.233. The molecule has 0 aromatic heterocycles. The van der Waals surface area contributed by atoms with E-state index in [0.717, 1.165) is 5.56 Å². The van der Waals surface area contributed by atoms with Gasteiger partial charge in [0.05, 0.1) is 0 Å². The van der Waals surface area contributed by atoms with Crippen LogP contribution < -0.4 is 0 Å². The largest absolute Gasteiger partial charge is 0.508 e. The Balaban J connectivity index is 2.50. The molecule has 1 rings (SSSR count). The maximum absolute atomic E-state index is 10.8. The molecule has 1 aromatic rings. The van der Waals surface area contributed by atoms with E-state index in [1.54, 1.807) is 31.2 Å². The molecule has 0 fully saturated rings. The van der Waals surface area contributed by atoms with Crippen molar-refractivity contribution < 1.29 is 14.6 Å². The van der Waals surface area contributed by atoms with Crippen LogP contribution >= 0.6 is 0 Å². The Morgan fingerprint density at radius 3 is 2.92 bits per heavy atom. The number of rotatable bonds is 3. The van der Waals surface area contributed by atoms with Gasteiger partial charge in [0.15, 0.2) is 0 Å². The molecular weight excluding hydrogens is 168 g/mol. The summed E-state index contributed by atoms with van der Waals surface area (Å²) in [7, 11) is 0. The maximum atomic E-state index is 10.8. The molecule has 0 radical (unpaired) electrons. The zero-order valence-corrected chi connectivity index (χ0v) is 7.49. The summed E-state index contributed by atoms with van der Waals surface area (Å²) in [5.41, 5.74) is 0.793. The Morgan fingerprint density at radius 2 is 2.31 bits per heavy atom. The van der Waals surface area contributed by atoms with Gasteiger partial charge in [-0.15, -0.1) is 0 Å². The fourth-order valence-corrected chi connectivity index (χ4v) is 0.912. The summed E-state index contributed by atoms with van der Waals surface area (Å²) in [6.45, 7) is 1.96. The molecule has 0 heterocycles. The molecule has 3 heteroatoms. The third kappa shape index (κ3) is 3.15. The second-order valence-corrected chi connectivity index (χ2v) is 2.68. The van der Waals surface area contributed by atoms with Crippen molar-refractivity contribution in [2.45, 2.75) is 20.0 Å². The van der Waals surface area contributed by atoms with Gasteiger partial charge in [0, 0.05) is 6.42 Å². The van der Waals surface area contributed by atoms with Crippen LogP contribution in [-0.4, -0.2) is 11.1 Å². The summed E-state index contributed by atoms with van der Waals surface area (Å²) in [4.78, 5) is 10.8. The van der Waals surface area contributed by atoms with E-state index in [1.807, 2.05) is 0 Å². The number of phenolic OH excluding ortho intramolecular Hbond substituents is 1. The van der Waals surface area contributed by atoms with Gasteiger partial charge in [-0.1, -0.05) is 19.1 Å². The van der Waals surface area contributed by atoms with Gasteiger partial charge >= 0.3 is 5.97 Å². The van der Waals surface area contributed by atoms with Crippen molar-refractivity contribution in [3.05, 3.63) is 29.8 Å². The Bertz CT molecular complexity index is 294. The Labute approximate surface area is 77.0 Å². The van der Waals surface area contributed by atoms with Crippen LogP contribution in [0.2, 0.25) is 0 Å². The lowest BCUT2D eigenvalue weighted by molar-refractivity contribution is -0.144. The minimum absolute atomic E-state index is 0.185. The fraction of sp³-hybridized carbons (Fsp3) is 0.300. The molecule has 0 amide bonds. The first-order valence-corrected chi connectivity index (χ1v) is 4.16. The normalized spacial score (nSPS) is 9.62. The van der Waals surface area contributed by atoms with Crippen molar-refractivity contribution >= 4 is 5.97 Å². The van der Waals surface area contributed by atoms with E-state index in [2.05, 4.69) is 0 Å². The van der Waals surface area contributed by atoms with Gasteiger partial charge in [-0.2, -0.15) is 0 Å². The zero-order chi connectivity index (χ0) is 9.68. The second-order valence-electron chi connectivity index (χ2n) is 2.68. The molecule has 0 unspecified atom stereocenters. The van der Waals surface area contributed by atoms with Crippen LogP contribution in [0.5, 0.6) is 5.75 Å². The lowest BCUT2D eigenvalue weighted by atomic mass is 10.2. The summed E-state index contributed by atoms with van der Waals surface area (Å²) < 4.78 is 4.88. The molecule has 0 saturated carbocycles. The Hall–Kier alpha value is -1.51. The minimum Gasteiger partial charge on any atom is -0.508 e. The molecule has 0 aliphatic rings. The fourth-order valence-electron chi connectivity index (χ4n) is 0.912. The van der Waals surface area contributed by atoms with Crippen LogP contribution in [0.25, 0.3) is 0 Å². The maximum Gasteiger partial charge on any atom is 0.305 e. The first-order valence-electron chi connectivity index (χ1n) is 4.16. The molecule has 1 N–H and O–H groups in total. The standard InChI is InChI=1S/C10H12O3/c1-2-10(12)13-7-8-4-3-5-9(11)6-8/h3-6,11H,2,7H2,1H3. The highest BCUT2D eigenvalue weighted by molar-refractivity contribution is 5.68. The second kappa shape index (κ2) is 4.50. The number of esters is 1. The van der Waals surface area contributed by atoms with Gasteiger partial charge < -0.3 is 9.84 Å². The summed E-state index contributed by atoms with van der Waals surface area (Å²) in [6.07, 6.45) is 0.374. The first-order chi connectivity index (χ1) is 6.22. The average Bonchev–Trinajstić information content (AvgIpc) is 2.14. The topological polar surface area (TPSA) is 46.5 Å². The lowest BCUT2D eigenvalue weighted by Gasteiger charge is -2.03. The third-order valence-electron chi connectivity index (χ3n) is 1.60. The quantitative estimate of drug-likeness (QED) is 0.722. The average molecular weight is 180 g/mol. The lowest BCUT2D eigenvalue weighted by Crippen LogP contribution is -2.01. The van der Waals surface area contributed by atoms with Gasteiger partial charge in [-0.3, -0.25) is 4.79 Å². The van der Waals surface area contributed by atoms with Gasteiger partial charge in [0.1, 0.15) is 12.4 Å². The van der Waals surface area contributed by atoms with E-state index in [1.165, 1.54) is 0 Å². The molecule has 13 heavy (non-hydrogen) atoms. The predicted molar refractivity (Wildman–Crippen MR) is 48.2 cm³/mol. The van der Waals surface area contributed by atoms with Crippen molar-refractivity contribution in [3.8, 4) is 5.75 Å². The smallest absolute Gasteiger partial charge is 0.305 e.